The van der Waals surface area contributed by atoms with Crippen LogP contribution in [0, 0.1) is 6.92 Å². The molecule has 0 N–H and O–H groups in total. The zero-order valence-electron chi connectivity index (χ0n) is 6.90. The van der Waals surface area contributed by atoms with E-state index in [0.29, 0.717) is 0 Å². The van der Waals surface area contributed by atoms with Gasteiger partial charge in [-0.05, 0) is 19.1 Å². The van der Waals surface area contributed by atoms with E-state index < -0.39 is 11.9 Å². The summed E-state index contributed by atoms with van der Waals surface area (Å²) < 4.78 is 4.41. The standard InChI is InChI=1S/C9H8NO3/c1-2-8(11)13-9(12)7-4-3-5-10-6-7/h3-6H,1-2H2. The Kier molecular flexibility index (Phi) is 3.14. The number of nitrogens with zero attached hydrogens (tertiary/aromatic N) is 1. The van der Waals surface area contributed by atoms with Crippen LogP contribution in [0.5, 0.6) is 0 Å². The van der Waals surface area contributed by atoms with Crippen LogP contribution in [0.15, 0.2) is 24.5 Å². The van der Waals surface area contributed by atoms with Crippen molar-refractivity contribution in [3.8, 4) is 0 Å². The second-order valence-electron chi connectivity index (χ2n) is 2.25. The van der Waals surface area contributed by atoms with Gasteiger partial charge in [0, 0.05) is 18.8 Å². The lowest BCUT2D eigenvalue weighted by Gasteiger charge is -1.99. The Morgan fingerprint density at radius 3 is 2.85 bits per heavy atom. The molecule has 0 saturated carbocycles. The third kappa shape index (κ3) is 2.66. The summed E-state index contributed by atoms with van der Waals surface area (Å²) in [4.78, 5) is 25.5. The quantitative estimate of drug-likeness (QED) is 0.500. The predicted molar refractivity (Wildman–Crippen MR) is 44.6 cm³/mol. The molecule has 0 atom stereocenters. The highest BCUT2D eigenvalue weighted by Gasteiger charge is 2.10. The van der Waals surface area contributed by atoms with Crippen molar-refractivity contribution in [3.05, 3.63) is 37.0 Å². The van der Waals surface area contributed by atoms with Crippen molar-refractivity contribution in [2.45, 2.75) is 6.42 Å². The van der Waals surface area contributed by atoms with Crippen LogP contribution in [0.1, 0.15) is 16.8 Å². The van der Waals surface area contributed by atoms with E-state index in [1.54, 1.807) is 6.07 Å². The van der Waals surface area contributed by atoms with E-state index in [2.05, 4.69) is 16.6 Å². The van der Waals surface area contributed by atoms with Gasteiger partial charge in [0.25, 0.3) is 0 Å². The van der Waals surface area contributed by atoms with E-state index in [1.807, 2.05) is 0 Å². The molecular weight excluding hydrogens is 170 g/mol. The van der Waals surface area contributed by atoms with Crippen LogP contribution in [0.4, 0.5) is 0 Å². The maximum atomic E-state index is 11.1. The molecule has 4 nitrogen and oxygen atoms in total. The second kappa shape index (κ2) is 4.35. The summed E-state index contributed by atoms with van der Waals surface area (Å²) in [6, 6.07) is 3.11. The van der Waals surface area contributed by atoms with Gasteiger partial charge in [-0.25, -0.2) is 4.79 Å². The minimum atomic E-state index is -0.693. The summed E-state index contributed by atoms with van der Waals surface area (Å²) in [7, 11) is 0. The average molecular weight is 178 g/mol. The Bertz CT molecular complexity index is 308. The first-order valence-corrected chi connectivity index (χ1v) is 3.68. The molecule has 0 saturated heterocycles. The fourth-order valence-electron chi connectivity index (χ4n) is 0.697. The maximum absolute atomic E-state index is 11.1. The molecule has 13 heavy (non-hydrogen) atoms. The monoisotopic (exact) mass is 178 g/mol. The van der Waals surface area contributed by atoms with Crippen molar-refractivity contribution in [2.75, 3.05) is 0 Å². The van der Waals surface area contributed by atoms with Crippen LogP contribution < -0.4 is 0 Å². The Morgan fingerprint density at radius 1 is 1.54 bits per heavy atom. The van der Waals surface area contributed by atoms with Crippen molar-refractivity contribution < 1.29 is 14.3 Å². The highest BCUT2D eigenvalue weighted by molar-refractivity contribution is 5.96. The molecule has 1 heterocycles. The Hall–Kier alpha value is -1.71. The van der Waals surface area contributed by atoms with Crippen LogP contribution >= 0.6 is 0 Å². The molecule has 0 aliphatic rings. The fraction of sp³-hybridized carbons (Fsp3) is 0.111. The summed E-state index contributed by atoms with van der Waals surface area (Å²) in [6.07, 6.45) is 2.80. The van der Waals surface area contributed by atoms with Crippen LogP contribution in [0.3, 0.4) is 0 Å². The molecule has 67 valence electrons. The predicted octanol–water partition coefficient (Wildman–Crippen LogP) is 0.989. The van der Waals surface area contributed by atoms with Crippen molar-refractivity contribution in [2.24, 2.45) is 0 Å². The largest absolute Gasteiger partial charge is 0.389 e. The first kappa shape index (κ1) is 9.38. The molecule has 0 unspecified atom stereocenters. The van der Waals surface area contributed by atoms with E-state index in [4.69, 9.17) is 0 Å². The molecule has 0 spiro atoms. The topological polar surface area (TPSA) is 56.3 Å². The molecule has 0 aliphatic heterocycles. The fourth-order valence-corrected chi connectivity index (χ4v) is 0.697. The highest BCUT2D eigenvalue weighted by Crippen LogP contribution is 1.99. The lowest BCUT2D eigenvalue weighted by atomic mass is 10.3. The average Bonchev–Trinajstić information content (AvgIpc) is 2.19. The lowest BCUT2D eigenvalue weighted by Crippen LogP contribution is -2.11. The van der Waals surface area contributed by atoms with Gasteiger partial charge in [0.1, 0.15) is 0 Å². The number of pyridine rings is 1. The zero-order chi connectivity index (χ0) is 9.68. The summed E-state index contributed by atoms with van der Waals surface area (Å²) in [6.45, 7) is 3.29. The first-order chi connectivity index (χ1) is 6.24. The molecule has 0 amide bonds. The van der Waals surface area contributed by atoms with E-state index in [0.717, 1.165) is 0 Å². The van der Waals surface area contributed by atoms with Gasteiger partial charge in [-0.2, -0.15) is 0 Å². The van der Waals surface area contributed by atoms with Crippen LogP contribution in [-0.2, 0) is 9.53 Å². The van der Waals surface area contributed by atoms with Gasteiger partial charge in [-0.15, -0.1) is 0 Å². The third-order valence-corrected chi connectivity index (χ3v) is 1.31. The molecular formula is C9H8NO3. The van der Waals surface area contributed by atoms with Crippen LogP contribution in [0.2, 0.25) is 0 Å². The van der Waals surface area contributed by atoms with Crippen molar-refractivity contribution in [1.29, 1.82) is 0 Å². The highest BCUT2D eigenvalue weighted by atomic mass is 16.6. The number of esters is 2. The van der Waals surface area contributed by atoms with Gasteiger partial charge in [0.2, 0.25) is 0 Å². The van der Waals surface area contributed by atoms with E-state index in [-0.39, 0.29) is 12.0 Å². The number of carbonyl (C=O) groups is 2. The van der Waals surface area contributed by atoms with E-state index in [1.165, 1.54) is 18.5 Å². The number of ether oxygens (including phenoxy) is 1. The summed E-state index contributed by atoms with van der Waals surface area (Å²) in [5.74, 6) is -1.34. The van der Waals surface area contributed by atoms with Crippen molar-refractivity contribution in [3.63, 3.8) is 0 Å². The van der Waals surface area contributed by atoms with Gasteiger partial charge < -0.3 is 4.74 Å². The summed E-state index contributed by atoms with van der Waals surface area (Å²) >= 11 is 0. The molecule has 0 aliphatic carbocycles. The van der Waals surface area contributed by atoms with Gasteiger partial charge in [0.15, 0.2) is 0 Å². The van der Waals surface area contributed by atoms with Crippen LogP contribution in [0.25, 0.3) is 0 Å². The smallest absolute Gasteiger partial charge is 0.347 e. The number of hydrogen-bond donors (Lipinski definition) is 0. The molecule has 0 aromatic carbocycles. The molecule has 0 bridgehead atoms. The summed E-state index contributed by atoms with van der Waals surface area (Å²) in [5, 5.41) is 0. The third-order valence-electron chi connectivity index (χ3n) is 1.31. The molecule has 4 heteroatoms. The summed E-state index contributed by atoms with van der Waals surface area (Å²) in [5.41, 5.74) is 0.254. The zero-order valence-corrected chi connectivity index (χ0v) is 6.90. The Labute approximate surface area is 75.5 Å². The van der Waals surface area contributed by atoms with E-state index >= 15 is 0 Å². The number of carbonyl (C=O) groups excluding carboxylic acids is 2. The molecule has 1 aromatic rings. The van der Waals surface area contributed by atoms with Gasteiger partial charge >= 0.3 is 11.9 Å². The molecule has 1 radical (unpaired) electrons. The Morgan fingerprint density at radius 2 is 2.31 bits per heavy atom. The van der Waals surface area contributed by atoms with Gasteiger partial charge in [-0.1, -0.05) is 0 Å². The number of hydrogen-bond acceptors (Lipinski definition) is 4. The van der Waals surface area contributed by atoms with E-state index in [9.17, 15) is 9.59 Å². The molecule has 1 aromatic heterocycles. The SMILES string of the molecule is [CH2]CC(=O)OC(=O)c1cccnc1. The maximum Gasteiger partial charge on any atom is 0.347 e. The normalized spacial score (nSPS) is 9.31. The van der Waals surface area contributed by atoms with Crippen LogP contribution in [-0.4, -0.2) is 16.9 Å². The minimum absolute atomic E-state index is 0.0635. The Balaban J connectivity index is 2.65. The van der Waals surface area contributed by atoms with Crippen molar-refractivity contribution >= 4 is 11.9 Å². The first-order valence-electron chi connectivity index (χ1n) is 3.68. The second-order valence-corrected chi connectivity index (χ2v) is 2.25. The van der Waals surface area contributed by atoms with Gasteiger partial charge in [0.05, 0.1) is 5.56 Å². The number of rotatable bonds is 2. The lowest BCUT2D eigenvalue weighted by molar-refractivity contribution is -0.137. The molecule has 0 fully saturated rings. The number of aromatic nitrogens is 1. The van der Waals surface area contributed by atoms with Crippen molar-refractivity contribution in [1.82, 2.24) is 4.98 Å². The molecule has 1 rings (SSSR count). The minimum Gasteiger partial charge on any atom is -0.389 e. The van der Waals surface area contributed by atoms with Gasteiger partial charge in [-0.3, -0.25) is 9.78 Å².